The number of amides is 1. The normalized spacial score (nSPS) is 16.8. The molecule has 1 aliphatic heterocycles. The van der Waals surface area contributed by atoms with Crippen molar-refractivity contribution in [1.29, 1.82) is 0 Å². The van der Waals surface area contributed by atoms with Gasteiger partial charge in [-0.15, -0.1) is 0 Å². The van der Waals surface area contributed by atoms with Gasteiger partial charge in [0.2, 0.25) is 0 Å². The fourth-order valence-electron chi connectivity index (χ4n) is 5.56. The molecule has 0 radical (unpaired) electrons. The summed E-state index contributed by atoms with van der Waals surface area (Å²) in [6, 6.07) is 16.1. The molecule has 1 unspecified atom stereocenters. The molecule has 0 bridgehead atoms. The van der Waals surface area contributed by atoms with E-state index in [2.05, 4.69) is 10.2 Å². The Morgan fingerprint density at radius 1 is 0.638 bits per heavy atom. The minimum Gasteiger partial charge on any atom is -0.480 e. The summed E-state index contributed by atoms with van der Waals surface area (Å²) in [5.74, 6) is -3.30. The summed E-state index contributed by atoms with van der Waals surface area (Å²) in [4.78, 5) is 67.9. The fraction of sp³-hybridized carbons (Fsp3) is 0.500. The van der Waals surface area contributed by atoms with Crippen LogP contribution in [0.4, 0.5) is 0 Å². The molecule has 1 saturated heterocycles. The van der Waals surface area contributed by atoms with Crippen molar-refractivity contribution < 1.29 is 39.3 Å². The quantitative estimate of drug-likeness (QED) is 0.218. The summed E-state index contributed by atoms with van der Waals surface area (Å²) in [6.07, 6.45) is 1.48. The maximum absolute atomic E-state index is 13.2. The Morgan fingerprint density at radius 2 is 1.09 bits per heavy atom. The van der Waals surface area contributed by atoms with Gasteiger partial charge in [0.15, 0.2) is 5.78 Å². The van der Waals surface area contributed by atoms with Crippen LogP contribution in [-0.2, 0) is 32.1 Å². The number of benzene rings is 2. The van der Waals surface area contributed by atoms with E-state index in [0.29, 0.717) is 83.7 Å². The summed E-state index contributed by atoms with van der Waals surface area (Å²) in [5.41, 5.74) is 2.31. The molecule has 13 heteroatoms. The second-order valence-corrected chi connectivity index (χ2v) is 11.9. The van der Waals surface area contributed by atoms with Crippen molar-refractivity contribution in [3.05, 3.63) is 71.3 Å². The zero-order valence-electron chi connectivity index (χ0n) is 27.1. The lowest BCUT2D eigenvalue weighted by molar-refractivity contribution is -0.140. The maximum Gasteiger partial charge on any atom is 0.317 e. The number of hydrogen-bond acceptors (Lipinski definition) is 9. The van der Waals surface area contributed by atoms with E-state index in [1.807, 2.05) is 49.4 Å². The number of Topliss-reactive ketones (excluding diaryl/α,β-unsaturated/α-hetero) is 1. The van der Waals surface area contributed by atoms with Crippen molar-refractivity contribution in [1.82, 2.24) is 24.9 Å². The number of hydrogen-bond donors (Lipinski definition) is 4. The van der Waals surface area contributed by atoms with Crippen molar-refractivity contribution in [3.63, 3.8) is 0 Å². The molecule has 1 heterocycles. The summed E-state index contributed by atoms with van der Waals surface area (Å²) in [5, 5.41) is 31.2. The van der Waals surface area contributed by atoms with Crippen LogP contribution in [0.5, 0.6) is 0 Å². The second kappa shape index (κ2) is 19.5. The van der Waals surface area contributed by atoms with Crippen LogP contribution < -0.4 is 5.32 Å². The predicted octanol–water partition coefficient (Wildman–Crippen LogP) is 1.37. The first kappa shape index (κ1) is 37.3. The Balaban J connectivity index is 1.71. The number of ketones is 1. The van der Waals surface area contributed by atoms with Gasteiger partial charge in [-0.1, -0.05) is 49.4 Å². The Kier molecular flexibility index (Phi) is 15.5. The summed E-state index contributed by atoms with van der Waals surface area (Å²) >= 11 is 0. The number of nitrogens with one attached hydrogen (secondary N) is 1. The van der Waals surface area contributed by atoms with Gasteiger partial charge in [-0.3, -0.25) is 43.6 Å². The topological polar surface area (TPSA) is 171 Å². The second-order valence-electron chi connectivity index (χ2n) is 11.9. The molecular formula is C34H47N5O8. The molecule has 1 amide bonds. The Labute approximate surface area is 275 Å². The Bertz CT molecular complexity index is 1290. The lowest BCUT2D eigenvalue weighted by Crippen LogP contribution is -2.48. The molecule has 13 nitrogen and oxygen atoms in total. The number of nitrogens with zero attached hydrogens (tertiary/aromatic N) is 4. The summed E-state index contributed by atoms with van der Waals surface area (Å²) in [7, 11) is 0. The van der Waals surface area contributed by atoms with E-state index in [-0.39, 0.29) is 31.3 Å². The highest BCUT2D eigenvalue weighted by Gasteiger charge is 2.22. The van der Waals surface area contributed by atoms with E-state index in [0.717, 1.165) is 11.1 Å². The van der Waals surface area contributed by atoms with Crippen LogP contribution in [0.25, 0.3) is 0 Å². The van der Waals surface area contributed by atoms with E-state index in [4.69, 9.17) is 0 Å². The largest absolute Gasteiger partial charge is 0.480 e. The number of carboxylic acids is 3. The average Bonchev–Trinajstić information content (AvgIpc) is 3.02. The van der Waals surface area contributed by atoms with Gasteiger partial charge >= 0.3 is 17.9 Å². The van der Waals surface area contributed by atoms with Crippen molar-refractivity contribution >= 4 is 29.6 Å². The lowest BCUT2D eigenvalue weighted by atomic mass is 9.99. The lowest BCUT2D eigenvalue weighted by Gasteiger charge is -2.33. The highest BCUT2D eigenvalue weighted by molar-refractivity contribution is 5.98. The monoisotopic (exact) mass is 653 g/mol. The standard InChI is InChI=1S/C34H47N5O8/c1-2-6-30(40)29(21-26-7-4-3-5-8-26)35-34(47)28-11-9-27(10-12-28)22-36-13-15-37(23-31(41)42)17-19-39(25-33(45)46)20-18-38(16-14-36)24-32(43)44/h3-5,7-12,29H,2,6,13-25H2,1H3,(H,35,47)(H,41,42)(H,43,44)(H,45,46). The molecule has 1 fully saturated rings. The Hall–Kier alpha value is -4.17. The zero-order chi connectivity index (χ0) is 34.2. The molecule has 256 valence electrons. The average molecular weight is 654 g/mol. The first-order valence-electron chi connectivity index (χ1n) is 16.0. The van der Waals surface area contributed by atoms with Crippen LogP contribution in [-0.4, -0.2) is 143 Å². The van der Waals surface area contributed by atoms with Gasteiger partial charge in [0, 0.05) is 70.9 Å². The van der Waals surface area contributed by atoms with Crippen LogP contribution in [0.15, 0.2) is 54.6 Å². The number of aliphatic carboxylic acids is 3. The highest BCUT2D eigenvalue weighted by atomic mass is 16.4. The number of carbonyl (C=O) groups is 5. The van der Waals surface area contributed by atoms with Crippen molar-refractivity contribution in [2.45, 2.75) is 38.8 Å². The van der Waals surface area contributed by atoms with Crippen molar-refractivity contribution in [3.8, 4) is 0 Å². The van der Waals surface area contributed by atoms with Gasteiger partial charge in [0.05, 0.1) is 25.7 Å². The third-order valence-electron chi connectivity index (χ3n) is 8.10. The molecule has 47 heavy (non-hydrogen) atoms. The maximum atomic E-state index is 13.2. The van der Waals surface area contributed by atoms with Crippen LogP contribution >= 0.6 is 0 Å². The molecule has 0 aromatic heterocycles. The van der Waals surface area contributed by atoms with Gasteiger partial charge in [-0.2, -0.15) is 0 Å². The molecule has 1 atom stereocenters. The van der Waals surface area contributed by atoms with Crippen LogP contribution in [0.3, 0.4) is 0 Å². The molecule has 1 aliphatic rings. The van der Waals surface area contributed by atoms with Gasteiger partial charge in [-0.25, -0.2) is 0 Å². The van der Waals surface area contributed by atoms with Gasteiger partial charge < -0.3 is 20.6 Å². The van der Waals surface area contributed by atoms with Gasteiger partial charge in [0.25, 0.3) is 5.91 Å². The van der Waals surface area contributed by atoms with Crippen LogP contribution in [0.2, 0.25) is 0 Å². The third-order valence-corrected chi connectivity index (χ3v) is 8.10. The first-order valence-corrected chi connectivity index (χ1v) is 16.0. The van der Waals surface area contributed by atoms with Crippen LogP contribution in [0, 0.1) is 0 Å². The molecule has 3 rings (SSSR count). The van der Waals surface area contributed by atoms with E-state index < -0.39 is 23.9 Å². The summed E-state index contributed by atoms with van der Waals surface area (Å²) < 4.78 is 0. The zero-order valence-corrected chi connectivity index (χ0v) is 27.1. The minimum atomic E-state index is -1.00. The highest BCUT2D eigenvalue weighted by Crippen LogP contribution is 2.12. The number of carbonyl (C=O) groups excluding carboxylic acids is 2. The molecule has 2 aromatic carbocycles. The van der Waals surface area contributed by atoms with Crippen molar-refractivity contribution in [2.24, 2.45) is 0 Å². The Morgan fingerprint density at radius 3 is 1.51 bits per heavy atom. The van der Waals surface area contributed by atoms with E-state index in [9.17, 15) is 39.3 Å². The fourth-order valence-corrected chi connectivity index (χ4v) is 5.56. The SMILES string of the molecule is CCCC(=O)C(Cc1ccccc1)NC(=O)c1ccc(CN2CCN(CC(=O)O)CCN(CC(=O)O)CCN(CC(=O)O)CC2)cc1. The van der Waals surface area contributed by atoms with Gasteiger partial charge in [0.1, 0.15) is 0 Å². The molecular weight excluding hydrogens is 606 g/mol. The molecule has 4 N–H and O–H groups in total. The van der Waals surface area contributed by atoms with E-state index in [1.54, 1.807) is 26.8 Å². The third kappa shape index (κ3) is 14.0. The first-order chi connectivity index (χ1) is 22.5. The summed E-state index contributed by atoms with van der Waals surface area (Å²) in [6.45, 7) is 5.02. The number of rotatable bonds is 15. The molecule has 0 aliphatic carbocycles. The van der Waals surface area contributed by atoms with Crippen molar-refractivity contribution in [2.75, 3.05) is 72.0 Å². The molecule has 0 spiro atoms. The smallest absolute Gasteiger partial charge is 0.317 e. The van der Waals surface area contributed by atoms with E-state index >= 15 is 0 Å². The molecule has 0 saturated carbocycles. The number of carboxylic acid groups (broad SMARTS) is 3. The van der Waals surface area contributed by atoms with Gasteiger partial charge in [-0.05, 0) is 36.1 Å². The predicted molar refractivity (Wildman–Crippen MR) is 175 cm³/mol. The molecule has 2 aromatic rings. The van der Waals surface area contributed by atoms with E-state index in [1.165, 1.54) is 0 Å². The minimum absolute atomic E-state index is 0.0138. The van der Waals surface area contributed by atoms with Crippen LogP contribution in [0.1, 0.15) is 41.3 Å².